The molecule has 0 aliphatic carbocycles. The highest BCUT2D eigenvalue weighted by Gasteiger charge is 2.17. The molecule has 7 nitrogen and oxygen atoms in total. The van der Waals surface area contributed by atoms with Crippen LogP contribution >= 0.6 is 0 Å². The van der Waals surface area contributed by atoms with Crippen LogP contribution in [0.2, 0.25) is 0 Å². The fraction of sp³-hybridized carbons (Fsp3) is 0.438. The Morgan fingerprint density at radius 3 is 2.61 bits per heavy atom. The summed E-state index contributed by atoms with van der Waals surface area (Å²) in [6, 6.07) is 6.66. The van der Waals surface area contributed by atoms with E-state index in [1.807, 2.05) is 0 Å². The van der Waals surface area contributed by atoms with Gasteiger partial charge in [0.15, 0.2) is 0 Å². The number of nitrogens with zero attached hydrogens (tertiary/aromatic N) is 1. The minimum atomic E-state index is -0.249. The van der Waals surface area contributed by atoms with E-state index in [0.717, 1.165) is 0 Å². The van der Waals surface area contributed by atoms with Gasteiger partial charge in [-0.25, -0.2) is 0 Å². The maximum absolute atomic E-state index is 12.0. The van der Waals surface area contributed by atoms with Crippen LogP contribution < -0.4 is 10.6 Å². The molecule has 0 spiro atoms. The quantitative estimate of drug-likeness (QED) is 0.833. The van der Waals surface area contributed by atoms with Gasteiger partial charge >= 0.3 is 0 Å². The topological polar surface area (TPSA) is 87.7 Å². The van der Waals surface area contributed by atoms with Gasteiger partial charge in [-0.1, -0.05) is 6.07 Å². The number of ether oxygens (including phenoxy) is 1. The summed E-state index contributed by atoms with van der Waals surface area (Å²) in [6.45, 7) is 2.25. The number of morpholine rings is 1. The van der Waals surface area contributed by atoms with Gasteiger partial charge in [-0.05, 0) is 18.2 Å². The molecule has 124 valence electrons. The molecule has 1 aromatic carbocycles. The van der Waals surface area contributed by atoms with Gasteiger partial charge in [-0.2, -0.15) is 0 Å². The van der Waals surface area contributed by atoms with Gasteiger partial charge in [0.2, 0.25) is 11.8 Å². The predicted molar refractivity (Wildman–Crippen MR) is 85.1 cm³/mol. The number of nitrogens with one attached hydrogen (secondary N) is 2. The summed E-state index contributed by atoms with van der Waals surface area (Å²) in [5.74, 6) is -0.508. The van der Waals surface area contributed by atoms with Gasteiger partial charge in [-0.3, -0.25) is 14.4 Å². The molecule has 1 saturated heterocycles. The van der Waals surface area contributed by atoms with Crippen molar-refractivity contribution >= 4 is 23.4 Å². The number of rotatable bonds is 5. The lowest BCUT2D eigenvalue weighted by Crippen LogP contribution is -2.40. The van der Waals surface area contributed by atoms with Gasteiger partial charge in [0.05, 0.1) is 13.2 Å². The molecule has 1 aliphatic heterocycles. The van der Waals surface area contributed by atoms with E-state index in [9.17, 15) is 14.4 Å². The summed E-state index contributed by atoms with van der Waals surface area (Å²) in [5, 5.41) is 5.23. The van der Waals surface area contributed by atoms with Crippen molar-refractivity contribution in [3.8, 4) is 0 Å². The van der Waals surface area contributed by atoms with E-state index < -0.39 is 0 Å². The average molecular weight is 319 g/mol. The largest absolute Gasteiger partial charge is 0.378 e. The van der Waals surface area contributed by atoms with Crippen molar-refractivity contribution < 1.29 is 19.1 Å². The second-order valence-electron chi connectivity index (χ2n) is 5.20. The Balaban J connectivity index is 1.82. The van der Waals surface area contributed by atoms with Crippen molar-refractivity contribution in [3.63, 3.8) is 0 Å². The third-order valence-corrected chi connectivity index (χ3v) is 3.57. The zero-order chi connectivity index (χ0) is 16.7. The number of anilines is 1. The molecule has 23 heavy (non-hydrogen) atoms. The summed E-state index contributed by atoms with van der Waals surface area (Å²) in [7, 11) is 1.55. The lowest BCUT2D eigenvalue weighted by atomic mass is 10.2. The third-order valence-electron chi connectivity index (χ3n) is 3.57. The van der Waals surface area contributed by atoms with Crippen LogP contribution in [0.4, 0.5) is 5.69 Å². The number of hydrogen-bond acceptors (Lipinski definition) is 4. The van der Waals surface area contributed by atoms with Crippen LogP contribution in [0, 0.1) is 0 Å². The second-order valence-corrected chi connectivity index (χ2v) is 5.20. The van der Waals surface area contributed by atoms with Crippen LogP contribution in [0.25, 0.3) is 0 Å². The van der Waals surface area contributed by atoms with Crippen molar-refractivity contribution in [1.29, 1.82) is 0 Å². The first kappa shape index (κ1) is 17.0. The molecule has 1 fully saturated rings. The first-order valence-corrected chi connectivity index (χ1v) is 7.57. The fourth-order valence-corrected chi connectivity index (χ4v) is 2.30. The Morgan fingerprint density at radius 1 is 1.17 bits per heavy atom. The molecule has 0 radical (unpaired) electrons. The van der Waals surface area contributed by atoms with Gasteiger partial charge < -0.3 is 20.3 Å². The Hall–Kier alpha value is -2.41. The predicted octanol–water partition coefficient (Wildman–Crippen LogP) is 0.624. The molecule has 0 saturated carbocycles. The molecule has 7 heteroatoms. The van der Waals surface area contributed by atoms with Gasteiger partial charge in [0, 0.05) is 44.2 Å². The zero-order valence-corrected chi connectivity index (χ0v) is 13.1. The molecular formula is C16H21N3O4. The average Bonchev–Trinajstić information content (AvgIpc) is 2.60. The number of hydrogen-bond donors (Lipinski definition) is 2. The van der Waals surface area contributed by atoms with Crippen molar-refractivity contribution in [2.24, 2.45) is 0 Å². The lowest BCUT2D eigenvalue weighted by molar-refractivity contribution is -0.136. The molecule has 0 unspecified atom stereocenters. The molecule has 3 amide bonds. The normalized spacial score (nSPS) is 14.2. The SMILES string of the molecule is CNC(=O)c1cccc(NC(=O)CCC(=O)N2CCOCC2)c1. The second kappa shape index (κ2) is 8.28. The monoisotopic (exact) mass is 319 g/mol. The van der Waals surface area contributed by atoms with Crippen LogP contribution in [-0.2, 0) is 14.3 Å². The summed E-state index contributed by atoms with van der Waals surface area (Å²) in [4.78, 5) is 37.2. The molecule has 2 rings (SSSR count). The fourth-order valence-electron chi connectivity index (χ4n) is 2.30. The molecule has 1 aromatic rings. The molecule has 0 aromatic heterocycles. The standard InChI is InChI=1S/C16H21N3O4/c1-17-16(22)12-3-2-4-13(11-12)18-14(20)5-6-15(21)19-7-9-23-10-8-19/h2-4,11H,5-10H2,1H3,(H,17,22)(H,18,20). The Morgan fingerprint density at radius 2 is 1.91 bits per heavy atom. The summed E-state index contributed by atoms with van der Waals surface area (Å²) < 4.78 is 5.19. The van der Waals surface area contributed by atoms with Crippen LogP contribution in [0.3, 0.4) is 0 Å². The van der Waals surface area contributed by atoms with E-state index in [1.54, 1.807) is 36.2 Å². The van der Waals surface area contributed by atoms with Crippen molar-refractivity contribution in [2.45, 2.75) is 12.8 Å². The van der Waals surface area contributed by atoms with E-state index in [1.165, 1.54) is 0 Å². The molecule has 0 bridgehead atoms. The van der Waals surface area contributed by atoms with E-state index in [2.05, 4.69) is 10.6 Å². The zero-order valence-electron chi connectivity index (χ0n) is 13.1. The van der Waals surface area contributed by atoms with E-state index in [4.69, 9.17) is 4.74 Å². The maximum Gasteiger partial charge on any atom is 0.251 e. The lowest BCUT2D eigenvalue weighted by Gasteiger charge is -2.26. The minimum Gasteiger partial charge on any atom is -0.378 e. The van der Waals surface area contributed by atoms with Crippen LogP contribution in [-0.4, -0.2) is 56.0 Å². The van der Waals surface area contributed by atoms with Gasteiger partial charge in [0.1, 0.15) is 0 Å². The Labute approximate surface area is 135 Å². The molecule has 1 heterocycles. The van der Waals surface area contributed by atoms with E-state index in [-0.39, 0.29) is 30.6 Å². The minimum absolute atomic E-state index is 0.0393. The summed E-state index contributed by atoms with van der Waals surface area (Å²) in [5.41, 5.74) is 1.00. The van der Waals surface area contributed by atoms with E-state index >= 15 is 0 Å². The van der Waals surface area contributed by atoms with Crippen LogP contribution in [0.15, 0.2) is 24.3 Å². The maximum atomic E-state index is 12.0. The smallest absolute Gasteiger partial charge is 0.251 e. The number of benzene rings is 1. The first-order chi connectivity index (χ1) is 11.1. The van der Waals surface area contributed by atoms with Gasteiger partial charge in [0.25, 0.3) is 5.91 Å². The summed E-state index contributed by atoms with van der Waals surface area (Å²) >= 11 is 0. The Bertz CT molecular complexity index is 582. The van der Waals surface area contributed by atoms with E-state index in [0.29, 0.717) is 37.6 Å². The summed E-state index contributed by atoms with van der Waals surface area (Å²) in [6.07, 6.45) is 0.279. The van der Waals surface area contributed by atoms with Crippen molar-refractivity contribution in [2.75, 3.05) is 38.7 Å². The highest BCUT2D eigenvalue weighted by atomic mass is 16.5. The molecular weight excluding hydrogens is 298 g/mol. The number of carbonyl (C=O) groups excluding carboxylic acids is 3. The first-order valence-electron chi connectivity index (χ1n) is 7.57. The van der Waals surface area contributed by atoms with Crippen LogP contribution in [0.5, 0.6) is 0 Å². The van der Waals surface area contributed by atoms with Crippen molar-refractivity contribution in [1.82, 2.24) is 10.2 Å². The third kappa shape index (κ3) is 5.07. The molecule has 2 N–H and O–H groups in total. The van der Waals surface area contributed by atoms with Gasteiger partial charge in [-0.15, -0.1) is 0 Å². The molecule has 0 atom stereocenters. The highest BCUT2D eigenvalue weighted by molar-refractivity contribution is 5.97. The number of amides is 3. The molecule has 1 aliphatic rings. The number of carbonyl (C=O) groups is 3. The van der Waals surface area contributed by atoms with Crippen molar-refractivity contribution in [3.05, 3.63) is 29.8 Å². The van der Waals surface area contributed by atoms with Crippen LogP contribution in [0.1, 0.15) is 23.2 Å². The highest BCUT2D eigenvalue weighted by Crippen LogP contribution is 2.11. The Kier molecular flexibility index (Phi) is 6.10.